The fraction of sp³-hybridized carbons (Fsp3) is 0.364. The van der Waals surface area contributed by atoms with E-state index in [0.717, 1.165) is 37.6 Å². The van der Waals surface area contributed by atoms with E-state index >= 15 is 0 Å². The van der Waals surface area contributed by atoms with E-state index < -0.39 is 11.6 Å². The number of ketones is 2. The zero-order valence-corrected chi connectivity index (χ0v) is 15.8. The Morgan fingerprint density at radius 3 is 1.21 bits per heavy atom. The molecule has 28 heavy (non-hydrogen) atoms. The zero-order valence-electron chi connectivity index (χ0n) is 15.8. The van der Waals surface area contributed by atoms with Gasteiger partial charge in [0.15, 0.2) is 0 Å². The van der Waals surface area contributed by atoms with Crippen LogP contribution in [-0.4, -0.2) is 64.2 Å². The topological polar surface area (TPSA) is 59.1 Å². The average molecular weight is 380 g/mol. The monoisotopic (exact) mass is 380 g/mol. The maximum absolute atomic E-state index is 12.6. The van der Waals surface area contributed by atoms with Gasteiger partial charge in [-0.3, -0.25) is 9.59 Å². The van der Waals surface area contributed by atoms with Crippen molar-refractivity contribution >= 4 is 22.9 Å². The first-order valence-corrected chi connectivity index (χ1v) is 9.67. The van der Waals surface area contributed by atoms with Crippen LogP contribution in [0.1, 0.15) is 20.7 Å². The second kappa shape index (κ2) is 8.54. The maximum Gasteiger partial charge on any atom is 0.233 e. The van der Waals surface area contributed by atoms with Crippen LogP contribution in [0.2, 0.25) is 0 Å². The predicted octanol–water partition coefficient (Wildman–Crippen LogP) is 2.43. The summed E-state index contributed by atoms with van der Waals surface area (Å²) in [6, 6.07) is 14.5. The van der Waals surface area contributed by atoms with Gasteiger partial charge in [-0.2, -0.15) is 0 Å². The van der Waals surface area contributed by atoms with E-state index in [0.29, 0.717) is 37.6 Å². The smallest absolute Gasteiger partial charge is 0.233 e. The lowest BCUT2D eigenvalue weighted by Crippen LogP contribution is -2.36. The van der Waals surface area contributed by atoms with Crippen LogP contribution in [0.4, 0.5) is 11.4 Å². The molecule has 0 aliphatic carbocycles. The van der Waals surface area contributed by atoms with E-state index in [-0.39, 0.29) is 0 Å². The third kappa shape index (κ3) is 4.08. The van der Waals surface area contributed by atoms with Crippen LogP contribution in [-0.2, 0) is 9.47 Å². The molecule has 0 amide bonds. The van der Waals surface area contributed by atoms with Gasteiger partial charge in [0.2, 0.25) is 11.6 Å². The molecule has 0 bridgehead atoms. The first-order valence-electron chi connectivity index (χ1n) is 9.67. The van der Waals surface area contributed by atoms with Gasteiger partial charge in [0.25, 0.3) is 0 Å². The van der Waals surface area contributed by atoms with Crippen LogP contribution in [0.15, 0.2) is 48.5 Å². The van der Waals surface area contributed by atoms with Gasteiger partial charge in [0, 0.05) is 48.7 Å². The molecule has 0 radical (unpaired) electrons. The Balaban J connectivity index is 1.43. The lowest BCUT2D eigenvalue weighted by atomic mass is 10.0. The molecule has 6 heteroatoms. The van der Waals surface area contributed by atoms with Crippen molar-refractivity contribution in [3.63, 3.8) is 0 Å². The Morgan fingerprint density at radius 2 is 0.893 bits per heavy atom. The molecule has 0 unspecified atom stereocenters. The lowest BCUT2D eigenvalue weighted by molar-refractivity contribution is 0.0817. The molecule has 2 aliphatic heterocycles. The summed E-state index contributed by atoms with van der Waals surface area (Å²) in [5.41, 5.74) is 2.92. The Kier molecular flexibility index (Phi) is 5.69. The van der Waals surface area contributed by atoms with Crippen molar-refractivity contribution in [2.24, 2.45) is 0 Å². The average Bonchev–Trinajstić information content (AvgIpc) is 2.79. The van der Waals surface area contributed by atoms with E-state index in [1.807, 2.05) is 24.3 Å². The normalized spacial score (nSPS) is 17.4. The van der Waals surface area contributed by atoms with E-state index in [4.69, 9.17) is 9.47 Å². The van der Waals surface area contributed by atoms with Gasteiger partial charge in [-0.1, -0.05) is 0 Å². The number of carbonyl (C=O) groups is 2. The lowest BCUT2D eigenvalue weighted by Gasteiger charge is -2.29. The molecule has 2 fully saturated rings. The van der Waals surface area contributed by atoms with Crippen LogP contribution in [0, 0.1) is 0 Å². The second-order valence-corrected chi connectivity index (χ2v) is 6.95. The minimum atomic E-state index is -0.479. The number of ether oxygens (including phenoxy) is 2. The fourth-order valence-electron chi connectivity index (χ4n) is 3.55. The molecule has 6 nitrogen and oxygen atoms in total. The molecule has 2 heterocycles. The van der Waals surface area contributed by atoms with Gasteiger partial charge in [0.1, 0.15) is 0 Å². The number of Topliss-reactive ketones (excluding diaryl/α,β-unsaturated/α-hetero) is 2. The molecule has 4 rings (SSSR count). The molecule has 2 aliphatic rings. The molecule has 146 valence electrons. The number of carbonyl (C=O) groups excluding carboxylic acids is 2. The molecule has 2 aromatic carbocycles. The van der Waals surface area contributed by atoms with Crippen LogP contribution in [0.3, 0.4) is 0 Å². The SMILES string of the molecule is O=C(C(=O)c1ccc(N2CCOCC2)cc1)c1ccc(N2CCOCC2)cc1. The number of hydrogen-bond donors (Lipinski definition) is 0. The molecule has 0 atom stereocenters. The van der Waals surface area contributed by atoms with Gasteiger partial charge in [-0.15, -0.1) is 0 Å². The molecule has 0 spiro atoms. The Hall–Kier alpha value is -2.70. The number of nitrogens with zero attached hydrogens (tertiary/aromatic N) is 2. The largest absolute Gasteiger partial charge is 0.378 e. The number of morpholine rings is 2. The maximum atomic E-state index is 12.6. The summed E-state index contributed by atoms with van der Waals surface area (Å²) in [6.45, 7) is 6.17. The first kappa shape index (κ1) is 18.7. The highest BCUT2D eigenvalue weighted by Gasteiger charge is 2.20. The molecule has 0 aromatic heterocycles. The van der Waals surface area contributed by atoms with Crippen molar-refractivity contribution in [3.8, 4) is 0 Å². The number of rotatable bonds is 5. The fourth-order valence-corrected chi connectivity index (χ4v) is 3.55. The summed E-state index contributed by atoms with van der Waals surface area (Å²) in [5.74, 6) is -0.958. The summed E-state index contributed by atoms with van der Waals surface area (Å²) in [4.78, 5) is 29.6. The Bertz CT molecular complexity index is 749. The van der Waals surface area contributed by atoms with Gasteiger partial charge in [-0.25, -0.2) is 0 Å². The predicted molar refractivity (Wildman–Crippen MR) is 108 cm³/mol. The van der Waals surface area contributed by atoms with Gasteiger partial charge in [-0.05, 0) is 48.5 Å². The Labute approximate surface area is 164 Å². The standard InChI is InChI=1S/C22H24N2O4/c25-21(17-1-5-19(6-2-17)23-9-13-27-14-10-23)22(26)18-3-7-20(8-4-18)24-11-15-28-16-12-24/h1-8H,9-16H2. The number of benzene rings is 2. The highest BCUT2D eigenvalue weighted by atomic mass is 16.5. The van der Waals surface area contributed by atoms with Crippen LogP contribution in [0.25, 0.3) is 0 Å². The van der Waals surface area contributed by atoms with Crippen molar-refractivity contribution < 1.29 is 19.1 Å². The number of hydrogen-bond acceptors (Lipinski definition) is 6. The van der Waals surface area contributed by atoms with E-state index in [9.17, 15) is 9.59 Å². The zero-order chi connectivity index (χ0) is 19.3. The highest BCUT2D eigenvalue weighted by molar-refractivity contribution is 6.49. The summed E-state index contributed by atoms with van der Waals surface area (Å²) in [7, 11) is 0. The summed E-state index contributed by atoms with van der Waals surface area (Å²) >= 11 is 0. The van der Waals surface area contributed by atoms with Gasteiger partial charge >= 0.3 is 0 Å². The van der Waals surface area contributed by atoms with Crippen LogP contribution in [0.5, 0.6) is 0 Å². The molecule has 2 saturated heterocycles. The number of anilines is 2. The van der Waals surface area contributed by atoms with Crippen molar-refractivity contribution in [1.29, 1.82) is 0 Å². The third-order valence-corrected chi connectivity index (χ3v) is 5.22. The molecule has 0 N–H and O–H groups in total. The van der Waals surface area contributed by atoms with Crippen molar-refractivity contribution in [1.82, 2.24) is 0 Å². The second-order valence-electron chi connectivity index (χ2n) is 6.95. The Morgan fingerprint density at radius 1 is 0.571 bits per heavy atom. The van der Waals surface area contributed by atoms with Crippen molar-refractivity contribution in [3.05, 3.63) is 59.7 Å². The minimum absolute atomic E-state index is 0.416. The van der Waals surface area contributed by atoms with Crippen molar-refractivity contribution in [2.75, 3.05) is 62.4 Å². The minimum Gasteiger partial charge on any atom is -0.378 e. The third-order valence-electron chi connectivity index (χ3n) is 5.22. The molecular formula is C22H24N2O4. The van der Waals surface area contributed by atoms with Gasteiger partial charge in [0.05, 0.1) is 26.4 Å². The van der Waals surface area contributed by atoms with Crippen LogP contribution >= 0.6 is 0 Å². The highest BCUT2D eigenvalue weighted by Crippen LogP contribution is 2.20. The first-order chi connectivity index (χ1) is 13.7. The quantitative estimate of drug-likeness (QED) is 0.587. The van der Waals surface area contributed by atoms with E-state index in [2.05, 4.69) is 9.80 Å². The van der Waals surface area contributed by atoms with Gasteiger partial charge < -0.3 is 19.3 Å². The molecule has 2 aromatic rings. The molecule has 0 saturated carbocycles. The van der Waals surface area contributed by atoms with E-state index in [1.54, 1.807) is 24.3 Å². The summed E-state index contributed by atoms with van der Waals surface area (Å²) in [5, 5.41) is 0. The van der Waals surface area contributed by atoms with E-state index in [1.165, 1.54) is 0 Å². The van der Waals surface area contributed by atoms with Crippen molar-refractivity contribution in [2.45, 2.75) is 0 Å². The summed E-state index contributed by atoms with van der Waals surface area (Å²) in [6.07, 6.45) is 0. The summed E-state index contributed by atoms with van der Waals surface area (Å²) < 4.78 is 10.7. The molecular weight excluding hydrogens is 356 g/mol. The van der Waals surface area contributed by atoms with Crippen LogP contribution < -0.4 is 9.80 Å².